The highest BCUT2D eigenvalue weighted by molar-refractivity contribution is 7.99. The number of aliphatic hydroxyl groups is 1. The summed E-state index contributed by atoms with van der Waals surface area (Å²) in [5.41, 5.74) is 1.54. The highest BCUT2D eigenvalue weighted by atomic mass is 32.2. The van der Waals surface area contributed by atoms with Crippen molar-refractivity contribution in [3.8, 4) is 0 Å². The second-order valence-electron chi connectivity index (χ2n) is 22.9. The molecule has 0 bridgehead atoms. The molecule has 1 heterocycles. The molecule has 22 heteroatoms. The zero-order chi connectivity index (χ0) is 62.2. The minimum Gasteiger partial charge on any atom is -0.445 e. The van der Waals surface area contributed by atoms with Crippen LogP contribution in [0, 0.1) is 23.7 Å². The van der Waals surface area contributed by atoms with Crippen LogP contribution in [0.1, 0.15) is 137 Å². The lowest BCUT2D eigenvalue weighted by molar-refractivity contribution is -0.148. The Balaban J connectivity index is 1.46. The van der Waals surface area contributed by atoms with Crippen LogP contribution in [0.2, 0.25) is 0 Å². The summed E-state index contributed by atoms with van der Waals surface area (Å²) in [4.78, 5) is 114. The molecule has 2 unspecified atom stereocenters. The zero-order valence-corrected chi connectivity index (χ0v) is 52.6. The van der Waals surface area contributed by atoms with Gasteiger partial charge in [0.25, 0.3) is 0 Å². The number of aliphatic hydroxyl groups excluding tert-OH is 1. The second kappa shape index (κ2) is 35.3. The van der Waals surface area contributed by atoms with Gasteiger partial charge in [0.05, 0.1) is 65.9 Å². The number of ether oxygens (including phenoxy) is 4. The molecule has 84 heavy (non-hydrogen) atoms. The predicted octanol–water partition coefficient (Wildman–Crippen LogP) is 7.82. The van der Waals surface area contributed by atoms with Crippen molar-refractivity contribution in [1.29, 1.82) is 0 Å². The predicted molar refractivity (Wildman–Crippen MR) is 326 cm³/mol. The Hall–Kier alpha value is -6.23. The van der Waals surface area contributed by atoms with Crippen molar-refractivity contribution >= 4 is 70.8 Å². The van der Waals surface area contributed by atoms with Crippen molar-refractivity contribution in [3.63, 3.8) is 0 Å². The van der Waals surface area contributed by atoms with Crippen LogP contribution in [0.15, 0.2) is 60.7 Å². The van der Waals surface area contributed by atoms with Crippen molar-refractivity contribution in [1.82, 2.24) is 30.7 Å². The molecule has 2 aromatic rings. The van der Waals surface area contributed by atoms with Gasteiger partial charge >= 0.3 is 12.2 Å². The molecule has 1 aliphatic carbocycles. The molecule has 21 nitrogen and oxygen atoms in total. The van der Waals surface area contributed by atoms with Crippen molar-refractivity contribution in [2.45, 2.75) is 181 Å². The summed E-state index contributed by atoms with van der Waals surface area (Å²) >= 11 is 1.36. The Morgan fingerprint density at radius 3 is 2.15 bits per heavy atom. The monoisotopic (exact) mass is 1190 g/mol. The third kappa shape index (κ3) is 20.8. The molecule has 468 valence electrons. The number of carbonyl (C=O) groups excluding carboxylic acids is 8. The number of nitrogens with one attached hydrogen (secondary N) is 5. The smallest absolute Gasteiger partial charge is 0.412 e. The maximum atomic E-state index is 14.8. The van der Waals surface area contributed by atoms with E-state index in [0.717, 1.165) is 25.7 Å². The van der Waals surface area contributed by atoms with E-state index in [2.05, 4.69) is 26.6 Å². The molecule has 0 saturated carbocycles. The summed E-state index contributed by atoms with van der Waals surface area (Å²) in [6, 6.07) is 10.0. The number of anilines is 2. The maximum absolute atomic E-state index is 14.8. The Labute approximate surface area is 502 Å². The van der Waals surface area contributed by atoms with Gasteiger partial charge in [-0.3, -0.25) is 39.0 Å². The van der Waals surface area contributed by atoms with Gasteiger partial charge in [-0.05, 0) is 98.8 Å². The van der Waals surface area contributed by atoms with Gasteiger partial charge < -0.3 is 55.1 Å². The number of amides is 8. The lowest BCUT2D eigenvalue weighted by atomic mass is 9.89. The first-order valence-electron chi connectivity index (χ1n) is 29.7. The van der Waals surface area contributed by atoms with Gasteiger partial charge in [0.15, 0.2) is 0 Å². The second-order valence-corrected chi connectivity index (χ2v) is 23.8. The summed E-state index contributed by atoms with van der Waals surface area (Å²) in [6.07, 6.45) is 7.72. The van der Waals surface area contributed by atoms with E-state index in [9.17, 15) is 43.5 Å². The summed E-state index contributed by atoms with van der Waals surface area (Å²) in [5.74, 6) is -3.66. The Bertz CT molecular complexity index is 2500. The van der Waals surface area contributed by atoms with Gasteiger partial charge in [-0.1, -0.05) is 104 Å². The highest BCUT2D eigenvalue weighted by Crippen LogP contribution is 2.31. The molecule has 0 spiro atoms. The van der Waals surface area contributed by atoms with E-state index in [1.165, 1.54) is 37.9 Å². The van der Waals surface area contributed by atoms with Crippen LogP contribution in [0.25, 0.3) is 0 Å². The van der Waals surface area contributed by atoms with Gasteiger partial charge in [-0.15, -0.1) is 0 Å². The number of hydrogen-bond acceptors (Lipinski definition) is 14. The van der Waals surface area contributed by atoms with Gasteiger partial charge in [0, 0.05) is 47.8 Å². The molecule has 0 aromatic heterocycles. The van der Waals surface area contributed by atoms with E-state index in [1.807, 2.05) is 58.0 Å². The van der Waals surface area contributed by atoms with Crippen LogP contribution >= 0.6 is 11.8 Å². The Morgan fingerprint density at radius 1 is 0.798 bits per heavy atom. The topological polar surface area (TPSA) is 264 Å². The highest BCUT2D eigenvalue weighted by Gasteiger charge is 2.44. The first-order chi connectivity index (χ1) is 40.0. The first-order valence-corrected chi connectivity index (χ1v) is 31.0. The van der Waals surface area contributed by atoms with E-state index >= 15 is 0 Å². The average molecular weight is 1190 g/mol. The molecule has 8 amide bonds. The largest absolute Gasteiger partial charge is 0.445 e. The fraction of sp³-hybridized carbons (Fsp3) is 0.645. The van der Waals surface area contributed by atoms with Gasteiger partial charge in [-0.25, -0.2) is 9.59 Å². The molecule has 11 atom stereocenters. The fourth-order valence-electron chi connectivity index (χ4n) is 11.0. The number of methoxy groups -OCH3 is 2. The fourth-order valence-corrected chi connectivity index (χ4v) is 11.4. The number of benzene rings is 2. The number of likely N-dealkylation sites (tertiary alicyclic amines) is 1. The van der Waals surface area contributed by atoms with E-state index in [-0.39, 0.29) is 66.8 Å². The zero-order valence-electron chi connectivity index (χ0n) is 51.8. The van der Waals surface area contributed by atoms with Crippen LogP contribution in [0.4, 0.5) is 21.0 Å². The minimum atomic E-state index is -1.09. The summed E-state index contributed by atoms with van der Waals surface area (Å²) in [5, 5.41) is 25.1. The van der Waals surface area contributed by atoms with Crippen LogP contribution in [0.3, 0.4) is 0 Å². The maximum Gasteiger partial charge on any atom is 0.412 e. The summed E-state index contributed by atoms with van der Waals surface area (Å²) < 4.78 is 23.5. The molecule has 2 aromatic carbocycles. The molecule has 1 aliphatic heterocycles. The number of hydrogen-bond donors (Lipinski definition) is 6. The number of rotatable bonds is 30. The van der Waals surface area contributed by atoms with E-state index < -0.39 is 102 Å². The van der Waals surface area contributed by atoms with Gasteiger partial charge in [0.2, 0.25) is 35.4 Å². The average Bonchev–Trinajstić information content (AvgIpc) is 3.44. The SMILES string of the molecule is CC[C@H](C)[C@@H]([C@@H](CC(=O)N1CCCC1[C@H](OC)[C@@H](C)C(=O)N[C@H](C)[C@@H](O)c1ccccc1)OC)N(C)C(=O)[C@@H](NC(=O)[C@H](C(C)C)N(C)C(=O)OCc1ccc(NC(=O)OC2/C=C/CCCCC2)c(NC(=O)CCNC(=O)CSC)c1)C(C)C. The third-order valence-corrected chi connectivity index (χ3v) is 16.5. The standard InChI is InChI=1S/C62H96N8O13S/c1-14-40(6)55(49(80-11)35-52(73)70-33-23-28-48(70)57(81-12)41(7)58(75)64-42(8)56(74)44-24-19-18-20-25-44)68(9)60(77)53(38(2)3)67-59(76)54(39(4)5)69(10)62(79)82-36-43-29-30-46(66-61(78)83-45-26-21-16-15-17-22-27-45)47(34-43)65-50(71)31-32-63-51(72)37-84-13/h18-21,24-26,29-30,34,38-42,45,48-49,53-57,74H,14-17,22-23,27-28,31-33,35-37H2,1-13H3,(H,63,72)(H,64,75)(H,65,71)(H,66,78)(H,67,76)/b26-21+/t40-,41+,42+,45?,48?,49+,53-,54-,55-,56+,57+/m0/s1. The molecule has 1 fully saturated rings. The molecule has 6 N–H and O–H groups in total. The van der Waals surface area contributed by atoms with Gasteiger partial charge in [-0.2, -0.15) is 11.8 Å². The van der Waals surface area contributed by atoms with Gasteiger partial charge in [0.1, 0.15) is 24.8 Å². The lowest BCUT2D eigenvalue weighted by Gasteiger charge is -2.41. The molecule has 1 saturated heterocycles. The lowest BCUT2D eigenvalue weighted by Crippen LogP contribution is -2.60. The summed E-state index contributed by atoms with van der Waals surface area (Å²) in [7, 11) is 6.11. The molecular weight excluding hydrogens is 1100 g/mol. The molecule has 2 aliphatic rings. The summed E-state index contributed by atoms with van der Waals surface area (Å²) in [6.45, 7) is 14.8. The number of likely N-dealkylation sites (N-methyl/N-ethyl adjacent to an activating group) is 2. The number of nitrogens with zero attached hydrogens (tertiary/aromatic N) is 3. The van der Waals surface area contributed by atoms with Crippen LogP contribution in [-0.4, -0.2) is 169 Å². The van der Waals surface area contributed by atoms with Crippen molar-refractivity contribution in [3.05, 3.63) is 71.8 Å². The van der Waals surface area contributed by atoms with E-state index in [4.69, 9.17) is 18.9 Å². The number of carbonyl (C=O) groups is 8. The Morgan fingerprint density at radius 2 is 1.51 bits per heavy atom. The van der Waals surface area contributed by atoms with Crippen LogP contribution in [0.5, 0.6) is 0 Å². The van der Waals surface area contributed by atoms with E-state index in [0.29, 0.717) is 43.4 Å². The van der Waals surface area contributed by atoms with E-state index in [1.54, 1.807) is 81.1 Å². The molecular formula is C62H96N8O13S. The van der Waals surface area contributed by atoms with Crippen LogP contribution < -0.4 is 26.6 Å². The normalized spacial score (nSPS) is 18.9. The van der Waals surface area contributed by atoms with Crippen molar-refractivity contribution in [2.24, 2.45) is 23.7 Å². The minimum absolute atomic E-state index is 0.0590. The number of thioether (sulfide) groups is 1. The van der Waals surface area contributed by atoms with Crippen molar-refractivity contribution in [2.75, 3.05) is 64.0 Å². The Kier molecular flexibility index (Phi) is 29.5. The quantitative estimate of drug-likeness (QED) is 0.0408. The third-order valence-electron chi connectivity index (χ3n) is 16.0. The van der Waals surface area contributed by atoms with Crippen molar-refractivity contribution < 1.29 is 62.4 Å². The van der Waals surface area contributed by atoms with Crippen LogP contribution in [-0.2, 0) is 54.3 Å². The first kappa shape index (κ1) is 70.3. The molecule has 0 radical (unpaired) electrons. The molecule has 4 rings (SSSR count). The number of allylic oxidation sites excluding steroid dienone is 1.